The normalized spacial score (nSPS) is 11.8. The number of hydrogen-bond donors (Lipinski definition) is 1. The van der Waals surface area contributed by atoms with E-state index in [1.807, 2.05) is 70.2 Å². The summed E-state index contributed by atoms with van der Waals surface area (Å²) in [5.41, 5.74) is 4.34. The summed E-state index contributed by atoms with van der Waals surface area (Å²) >= 11 is 0. The molecule has 0 aromatic heterocycles. The van der Waals surface area contributed by atoms with Crippen molar-refractivity contribution in [3.8, 4) is 0 Å². The number of benzene rings is 3. The Morgan fingerprint density at radius 3 is 2.12 bits per heavy atom. The highest BCUT2D eigenvalue weighted by Gasteiger charge is 2.31. The molecule has 0 fully saturated rings. The summed E-state index contributed by atoms with van der Waals surface area (Å²) < 4.78 is 14.6. The van der Waals surface area contributed by atoms with Crippen LogP contribution in [0.15, 0.2) is 72.8 Å². The Morgan fingerprint density at radius 2 is 1.50 bits per heavy atom. The average Bonchev–Trinajstić information content (AvgIpc) is 2.76. The van der Waals surface area contributed by atoms with Gasteiger partial charge in [0, 0.05) is 24.6 Å². The lowest BCUT2D eigenvalue weighted by molar-refractivity contribution is -0.141. The molecule has 1 atom stereocenters. The first-order valence-electron chi connectivity index (χ1n) is 11.7. The van der Waals surface area contributed by atoms with Crippen molar-refractivity contribution in [2.75, 3.05) is 0 Å². The number of nitrogens with one attached hydrogen (secondary N) is 1. The number of nitrogens with zero attached hydrogens (tertiary/aromatic N) is 1. The smallest absolute Gasteiger partial charge is 0.243 e. The molecule has 1 unspecified atom stereocenters. The topological polar surface area (TPSA) is 49.4 Å². The van der Waals surface area contributed by atoms with Crippen LogP contribution < -0.4 is 5.32 Å². The monoisotopic (exact) mass is 460 g/mol. The van der Waals surface area contributed by atoms with Gasteiger partial charge in [-0.1, -0.05) is 77.9 Å². The number of rotatable bonds is 9. The second kappa shape index (κ2) is 11.6. The molecule has 0 heterocycles. The minimum absolute atomic E-state index is 0.0132. The van der Waals surface area contributed by atoms with Gasteiger partial charge in [-0.3, -0.25) is 9.59 Å². The summed E-state index contributed by atoms with van der Waals surface area (Å²) in [6.07, 6.45) is 0.476. The minimum Gasteiger partial charge on any atom is -0.352 e. The third-order valence-corrected chi connectivity index (χ3v) is 5.64. The number of aryl methyl sites for hydroxylation is 2. The quantitative estimate of drug-likeness (QED) is 0.480. The van der Waals surface area contributed by atoms with Crippen LogP contribution in [0.25, 0.3) is 0 Å². The van der Waals surface area contributed by atoms with E-state index in [0.29, 0.717) is 12.0 Å². The maximum absolute atomic E-state index is 14.6. The van der Waals surface area contributed by atoms with Crippen LogP contribution in [-0.2, 0) is 29.0 Å². The highest BCUT2D eigenvalue weighted by atomic mass is 19.1. The first-order chi connectivity index (χ1) is 16.2. The van der Waals surface area contributed by atoms with Crippen LogP contribution in [0.4, 0.5) is 4.39 Å². The Bertz CT molecular complexity index is 1110. The molecule has 0 bridgehead atoms. The van der Waals surface area contributed by atoms with Crippen molar-refractivity contribution in [2.24, 2.45) is 0 Å². The summed E-state index contributed by atoms with van der Waals surface area (Å²) in [6.45, 7) is 7.77. The van der Waals surface area contributed by atoms with Gasteiger partial charge in [-0.25, -0.2) is 4.39 Å². The van der Waals surface area contributed by atoms with E-state index in [0.717, 1.165) is 22.3 Å². The van der Waals surface area contributed by atoms with Gasteiger partial charge in [0.2, 0.25) is 11.8 Å². The molecular formula is C29H33FN2O2. The van der Waals surface area contributed by atoms with Crippen molar-refractivity contribution in [3.63, 3.8) is 0 Å². The van der Waals surface area contributed by atoms with Crippen LogP contribution in [0.2, 0.25) is 0 Å². The molecule has 3 rings (SSSR count). The Hall–Kier alpha value is -3.47. The summed E-state index contributed by atoms with van der Waals surface area (Å²) in [7, 11) is 0. The summed E-state index contributed by atoms with van der Waals surface area (Å²) in [5, 5.41) is 2.95. The van der Waals surface area contributed by atoms with E-state index < -0.39 is 11.9 Å². The zero-order valence-electron chi connectivity index (χ0n) is 20.3. The van der Waals surface area contributed by atoms with Crippen molar-refractivity contribution in [3.05, 3.63) is 106 Å². The molecule has 0 aliphatic rings. The predicted octanol–water partition coefficient (Wildman–Crippen LogP) is 5.15. The van der Waals surface area contributed by atoms with Gasteiger partial charge in [-0.05, 0) is 44.9 Å². The third kappa shape index (κ3) is 7.01. The molecule has 0 radical (unpaired) electrons. The van der Waals surface area contributed by atoms with Gasteiger partial charge in [-0.2, -0.15) is 0 Å². The third-order valence-electron chi connectivity index (χ3n) is 5.64. The molecule has 178 valence electrons. The first-order valence-corrected chi connectivity index (χ1v) is 11.7. The van der Waals surface area contributed by atoms with E-state index in [9.17, 15) is 14.0 Å². The summed E-state index contributed by atoms with van der Waals surface area (Å²) in [5.74, 6) is -0.855. The molecule has 0 saturated carbocycles. The lowest BCUT2D eigenvalue weighted by Crippen LogP contribution is -2.52. The van der Waals surface area contributed by atoms with Gasteiger partial charge >= 0.3 is 0 Å². The lowest BCUT2D eigenvalue weighted by Gasteiger charge is -2.32. The fraction of sp³-hybridized carbons (Fsp3) is 0.310. The summed E-state index contributed by atoms with van der Waals surface area (Å²) in [6, 6.07) is 21.1. The number of halogens is 1. The zero-order valence-corrected chi connectivity index (χ0v) is 20.3. The molecule has 3 aromatic carbocycles. The van der Waals surface area contributed by atoms with Gasteiger partial charge < -0.3 is 10.2 Å². The average molecular weight is 461 g/mol. The van der Waals surface area contributed by atoms with E-state index in [1.165, 1.54) is 11.0 Å². The first kappa shape index (κ1) is 25.2. The van der Waals surface area contributed by atoms with E-state index in [-0.39, 0.29) is 30.8 Å². The molecule has 0 saturated heterocycles. The van der Waals surface area contributed by atoms with E-state index >= 15 is 0 Å². The Kier molecular flexibility index (Phi) is 8.58. The van der Waals surface area contributed by atoms with E-state index in [4.69, 9.17) is 0 Å². The van der Waals surface area contributed by atoms with Crippen LogP contribution in [0.1, 0.15) is 41.7 Å². The van der Waals surface area contributed by atoms with Gasteiger partial charge in [0.15, 0.2) is 0 Å². The Balaban J connectivity index is 2.00. The highest BCUT2D eigenvalue weighted by Crippen LogP contribution is 2.19. The molecule has 3 aromatic rings. The molecule has 34 heavy (non-hydrogen) atoms. The zero-order chi connectivity index (χ0) is 24.7. The number of amides is 2. The second-order valence-electron chi connectivity index (χ2n) is 9.15. The van der Waals surface area contributed by atoms with E-state index in [1.54, 1.807) is 18.2 Å². The number of hydrogen-bond acceptors (Lipinski definition) is 2. The molecule has 2 amide bonds. The largest absolute Gasteiger partial charge is 0.352 e. The van der Waals surface area contributed by atoms with Crippen molar-refractivity contribution in [2.45, 2.75) is 59.2 Å². The van der Waals surface area contributed by atoms with E-state index in [2.05, 4.69) is 11.4 Å². The summed E-state index contributed by atoms with van der Waals surface area (Å²) in [4.78, 5) is 28.6. The molecule has 1 N–H and O–H groups in total. The van der Waals surface area contributed by atoms with Crippen LogP contribution in [0.5, 0.6) is 0 Å². The van der Waals surface area contributed by atoms with Gasteiger partial charge in [0.1, 0.15) is 11.9 Å². The van der Waals surface area contributed by atoms with Crippen LogP contribution in [-0.4, -0.2) is 28.8 Å². The Morgan fingerprint density at radius 1 is 0.882 bits per heavy atom. The second-order valence-corrected chi connectivity index (χ2v) is 9.15. The van der Waals surface area contributed by atoms with Crippen LogP contribution in [0, 0.1) is 19.7 Å². The van der Waals surface area contributed by atoms with Crippen molar-refractivity contribution in [1.29, 1.82) is 0 Å². The number of carbonyl (C=O) groups is 2. The fourth-order valence-electron chi connectivity index (χ4n) is 4.19. The van der Waals surface area contributed by atoms with Gasteiger partial charge in [0.05, 0.1) is 6.42 Å². The van der Waals surface area contributed by atoms with Gasteiger partial charge in [-0.15, -0.1) is 0 Å². The predicted molar refractivity (Wildman–Crippen MR) is 134 cm³/mol. The molecular weight excluding hydrogens is 427 g/mol. The Labute approximate surface area is 201 Å². The maximum Gasteiger partial charge on any atom is 0.243 e. The molecule has 0 aliphatic carbocycles. The molecule has 0 aliphatic heterocycles. The molecule has 0 spiro atoms. The van der Waals surface area contributed by atoms with Crippen molar-refractivity contribution < 1.29 is 14.0 Å². The van der Waals surface area contributed by atoms with Gasteiger partial charge in [0.25, 0.3) is 0 Å². The van der Waals surface area contributed by atoms with Crippen molar-refractivity contribution in [1.82, 2.24) is 10.2 Å². The van der Waals surface area contributed by atoms with Crippen LogP contribution in [0.3, 0.4) is 0 Å². The lowest BCUT2D eigenvalue weighted by atomic mass is 10.00. The highest BCUT2D eigenvalue weighted by molar-refractivity contribution is 5.89. The molecule has 5 heteroatoms. The molecule has 4 nitrogen and oxygen atoms in total. The van der Waals surface area contributed by atoms with Crippen LogP contribution >= 0.6 is 0 Å². The maximum atomic E-state index is 14.6. The van der Waals surface area contributed by atoms with Crippen molar-refractivity contribution >= 4 is 11.8 Å². The number of carbonyl (C=O) groups excluding carboxylic acids is 2. The minimum atomic E-state index is -0.775. The fourth-order valence-corrected chi connectivity index (χ4v) is 4.19. The standard InChI is InChI=1S/C29H33FN2O2/c1-20(2)31-29(34)27(17-23-10-6-5-7-11-23)32(19-25-12-8-9-13-26(25)30)28(33)18-24-15-21(3)14-22(4)16-24/h5-16,20,27H,17-19H2,1-4H3,(H,31,34). The SMILES string of the molecule is Cc1cc(C)cc(CC(=O)N(Cc2ccccc2F)C(Cc2ccccc2)C(=O)NC(C)C)c1.